The van der Waals surface area contributed by atoms with Crippen molar-refractivity contribution in [2.24, 2.45) is 5.73 Å². The molecule has 0 saturated carbocycles. The predicted molar refractivity (Wildman–Crippen MR) is 51.5 cm³/mol. The Morgan fingerprint density at radius 1 is 1.41 bits per heavy atom. The Bertz CT molecular complexity index is 410. The number of pyridine rings is 1. The van der Waals surface area contributed by atoms with Gasteiger partial charge in [0.15, 0.2) is 5.75 Å². The second-order valence-electron chi connectivity index (χ2n) is 2.86. The lowest BCUT2D eigenvalue weighted by atomic mass is 10.2. The van der Waals surface area contributed by atoms with Crippen LogP contribution in [0.2, 0.25) is 0 Å². The number of nitrogens with two attached hydrogens (primary N) is 1. The number of hydrogen-bond acceptors (Lipinski definition) is 3. The van der Waals surface area contributed by atoms with Gasteiger partial charge in [-0.05, 0) is 22.0 Å². The van der Waals surface area contributed by atoms with Crippen LogP contribution in [0.15, 0.2) is 10.5 Å². The summed E-state index contributed by atoms with van der Waals surface area (Å²) in [4.78, 5) is 3.31. The van der Waals surface area contributed by atoms with Gasteiger partial charge in [0.2, 0.25) is 0 Å². The minimum absolute atomic E-state index is 0.277. The van der Waals surface area contributed by atoms with Crippen LogP contribution in [0.4, 0.5) is 22.0 Å². The molecule has 1 aromatic heterocycles. The van der Waals surface area contributed by atoms with Gasteiger partial charge in [0, 0.05) is 6.54 Å². The summed E-state index contributed by atoms with van der Waals surface area (Å²) in [7, 11) is 0. The number of ether oxygens (including phenoxy) is 1. The van der Waals surface area contributed by atoms with Crippen LogP contribution < -0.4 is 10.5 Å². The zero-order chi connectivity index (χ0) is 13.2. The molecule has 0 fully saturated rings. The van der Waals surface area contributed by atoms with Crippen molar-refractivity contribution >= 4 is 15.9 Å². The first kappa shape index (κ1) is 14.1. The highest BCUT2D eigenvalue weighted by molar-refractivity contribution is 9.10. The van der Waals surface area contributed by atoms with Crippen LogP contribution in [-0.4, -0.2) is 11.3 Å². The van der Waals surface area contributed by atoms with Gasteiger partial charge in [-0.3, -0.25) is 0 Å². The summed E-state index contributed by atoms with van der Waals surface area (Å²) in [5, 5.41) is 0. The van der Waals surface area contributed by atoms with Crippen LogP contribution in [0.5, 0.6) is 5.75 Å². The maximum absolute atomic E-state index is 12.3. The number of rotatable bonds is 3. The molecule has 0 aliphatic rings. The maximum atomic E-state index is 12.3. The molecule has 2 N–H and O–H groups in total. The summed E-state index contributed by atoms with van der Waals surface area (Å²) in [6, 6.07) is 0.755. The van der Waals surface area contributed by atoms with Crippen molar-refractivity contribution < 1.29 is 26.7 Å². The number of alkyl halides is 5. The van der Waals surface area contributed by atoms with Gasteiger partial charge < -0.3 is 10.5 Å². The molecular formula is C8H6BrF5N2O. The van der Waals surface area contributed by atoms with Gasteiger partial charge >= 0.3 is 6.36 Å². The molecule has 1 heterocycles. The van der Waals surface area contributed by atoms with E-state index in [2.05, 4.69) is 25.7 Å². The predicted octanol–water partition coefficient (Wildman–Crippen LogP) is 3.14. The van der Waals surface area contributed by atoms with Gasteiger partial charge in [-0.2, -0.15) is 0 Å². The SMILES string of the molecule is NCc1nc(C(F)F)cc(Br)c1OC(F)(F)F. The molecule has 3 nitrogen and oxygen atoms in total. The average Bonchev–Trinajstić information content (AvgIpc) is 2.18. The van der Waals surface area contributed by atoms with E-state index < -0.39 is 36.5 Å². The van der Waals surface area contributed by atoms with Crippen molar-refractivity contribution in [1.29, 1.82) is 0 Å². The fourth-order valence-corrected chi connectivity index (χ4v) is 1.59. The molecule has 1 aromatic rings. The molecule has 1 rings (SSSR count). The van der Waals surface area contributed by atoms with E-state index in [0.717, 1.165) is 6.07 Å². The lowest BCUT2D eigenvalue weighted by Gasteiger charge is -2.14. The van der Waals surface area contributed by atoms with Crippen LogP contribution in [0.1, 0.15) is 17.8 Å². The molecule has 0 aliphatic carbocycles. The molecule has 17 heavy (non-hydrogen) atoms. The zero-order valence-corrected chi connectivity index (χ0v) is 9.65. The minimum atomic E-state index is -4.94. The average molecular weight is 321 g/mol. The summed E-state index contributed by atoms with van der Waals surface area (Å²) >= 11 is 2.71. The van der Waals surface area contributed by atoms with Crippen LogP contribution >= 0.6 is 15.9 Å². The van der Waals surface area contributed by atoms with Gasteiger partial charge in [-0.1, -0.05) is 0 Å². The summed E-state index contributed by atoms with van der Waals surface area (Å²) in [5.41, 5.74) is 4.06. The van der Waals surface area contributed by atoms with Crippen LogP contribution in [0, 0.1) is 0 Å². The van der Waals surface area contributed by atoms with Gasteiger partial charge in [0.1, 0.15) is 5.69 Å². The standard InChI is InChI=1S/C8H6BrF5N2O/c9-3-1-4(7(10)11)16-5(2-15)6(3)17-8(12,13)14/h1,7H,2,15H2. The summed E-state index contributed by atoms with van der Waals surface area (Å²) in [5.74, 6) is -0.704. The van der Waals surface area contributed by atoms with Crippen molar-refractivity contribution in [3.8, 4) is 5.75 Å². The van der Waals surface area contributed by atoms with Crippen molar-refractivity contribution in [3.63, 3.8) is 0 Å². The largest absolute Gasteiger partial charge is 0.573 e. The summed E-state index contributed by atoms with van der Waals surface area (Å²) in [6.45, 7) is -0.454. The molecule has 0 amide bonds. The molecular weight excluding hydrogens is 315 g/mol. The number of nitrogens with zero attached hydrogens (tertiary/aromatic N) is 1. The molecule has 0 saturated heterocycles. The lowest BCUT2D eigenvalue weighted by molar-refractivity contribution is -0.275. The second-order valence-corrected chi connectivity index (χ2v) is 3.71. The topological polar surface area (TPSA) is 48.1 Å². The maximum Gasteiger partial charge on any atom is 0.573 e. The number of aromatic nitrogens is 1. The lowest BCUT2D eigenvalue weighted by Crippen LogP contribution is -2.20. The van der Waals surface area contributed by atoms with Crippen molar-refractivity contribution in [2.45, 2.75) is 19.3 Å². The van der Waals surface area contributed by atoms with Gasteiger partial charge in [-0.15, -0.1) is 13.2 Å². The van der Waals surface area contributed by atoms with Crippen LogP contribution in [-0.2, 0) is 6.54 Å². The zero-order valence-electron chi connectivity index (χ0n) is 8.06. The van der Waals surface area contributed by atoms with E-state index in [9.17, 15) is 22.0 Å². The molecule has 0 aromatic carbocycles. The smallest absolute Gasteiger partial charge is 0.403 e. The van der Waals surface area contributed by atoms with Crippen molar-refractivity contribution in [2.75, 3.05) is 0 Å². The summed E-state index contributed by atoms with van der Waals surface area (Å²) < 4.78 is 64.2. The molecule has 0 atom stereocenters. The monoisotopic (exact) mass is 320 g/mol. The fourth-order valence-electron chi connectivity index (χ4n) is 1.05. The molecule has 0 bridgehead atoms. The summed E-state index contributed by atoms with van der Waals surface area (Å²) in [6.07, 6.45) is -7.85. The van der Waals surface area contributed by atoms with Gasteiger partial charge in [-0.25, -0.2) is 13.8 Å². The Balaban J connectivity index is 3.21. The van der Waals surface area contributed by atoms with Crippen LogP contribution in [0.3, 0.4) is 0 Å². The highest BCUT2D eigenvalue weighted by Gasteiger charge is 2.33. The van der Waals surface area contributed by atoms with Gasteiger partial charge in [0.05, 0.1) is 10.2 Å². The first-order valence-corrected chi connectivity index (χ1v) is 4.97. The number of hydrogen-bond donors (Lipinski definition) is 1. The molecule has 96 valence electrons. The van der Waals surface area contributed by atoms with Crippen LogP contribution in [0.25, 0.3) is 0 Å². The quantitative estimate of drug-likeness (QED) is 0.870. The Kier molecular flexibility index (Phi) is 4.26. The third kappa shape index (κ3) is 3.77. The van der Waals surface area contributed by atoms with E-state index in [1.807, 2.05) is 0 Å². The first-order chi connectivity index (χ1) is 7.74. The van der Waals surface area contributed by atoms with E-state index in [4.69, 9.17) is 5.73 Å². The van der Waals surface area contributed by atoms with Crippen molar-refractivity contribution in [1.82, 2.24) is 4.98 Å². The molecule has 0 unspecified atom stereocenters. The first-order valence-electron chi connectivity index (χ1n) is 4.18. The second kappa shape index (κ2) is 5.13. The number of halogens is 6. The Labute approximate surface area is 101 Å². The molecule has 0 spiro atoms. The van der Waals surface area contributed by atoms with E-state index in [1.165, 1.54) is 0 Å². The van der Waals surface area contributed by atoms with Gasteiger partial charge in [0.25, 0.3) is 6.43 Å². The Hall–Kier alpha value is -0.960. The van der Waals surface area contributed by atoms with E-state index in [1.54, 1.807) is 0 Å². The Morgan fingerprint density at radius 2 is 2.00 bits per heavy atom. The normalized spacial score (nSPS) is 12.0. The van der Waals surface area contributed by atoms with E-state index in [-0.39, 0.29) is 4.47 Å². The third-order valence-electron chi connectivity index (χ3n) is 1.65. The minimum Gasteiger partial charge on any atom is -0.403 e. The fraction of sp³-hybridized carbons (Fsp3) is 0.375. The van der Waals surface area contributed by atoms with Crippen molar-refractivity contribution in [3.05, 3.63) is 21.9 Å². The highest BCUT2D eigenvalue weighted by atomic mass is 79.9. The van der Waals surface area contributed by atoms with E-state index in [0.29, 0.717) is 0 Å². The molecule has 9 heteroatoms. The third-order valence-corrected chi connectivity index (χ3v) is 2.24. The Morgan fingerprint density at radius 3 is 2.41 bits per heavy atom. The molecule has 0 aliphatic heterocycles. The molecule has 0 radical (unpaired) electrons. The highest BCUT2D eigenvalue weighted by Crippen LogP contribution is 2.35. The van der Waals surface area contributed by atoms with E-state index >= 15 is 0 Å².